The SMILES string of the molecule is Cc1cc(-c2ccc(OCc3ccccc3)nc2OCc2ccccc2)ncc1N1CCC(C2OCCO2)CC1. The minimum Gasteiger partial charge on any atom is -0.473 e. The first-order valence-electron chi connectivity index (χ1n) is 14.0. The summed E-state index contributed by atoms with van der Waals surface area (Å²) in [6, 6.07) is 26.2. The van der Waals surface area contributed by atoms with Crippen LogP contribution in [0.5, 0.6) is 11.8 Å². The summed E-state index contributed by atoms with van der Waals surface area (Å²) in [7, 11) is 0. The van der Waals surface area contributed by atoms with Crippen LogP contribution in [-0.4, -0.2) is 42.6 Å². The molecule has 2 aliphatic heterocycles. The number of nitrogens with zero attached hydrogens (tertiary/aromatic N) is 3. The number of aryl methyl sites for hydroxylation is 1. The number of rotatable bonds is 9. The van der Waals surface area contributed by atoms with Gasteiger partial charge in [-0.3, -0.25) is 4.98 Å². The second kappa shape index (κ2) is 12.5. The van der Waals surface area contributed by atoms with Crippen molar-refractivity contribution in [3.63, 3.8) is 0 Å². The Balaban J connectivity index is 1.20. The monoisotopic (exact) mass is 537 g/mol. The summed E-state index contributed by atoms with van der Waals surface area (Å²) in [5.74, 6) is 1.48. The normalized spacial score (nSPS) is 16.3. The van der Waals surface area contributed by atoms with Crippen molar-refractivity contribution in [3.8, 4) is 23.0 Å². The smallest absolute Gasteiger partial charge is 0.226 e. The predicted octanol–water partition coefficient (Wildman–Crippen LogP) is 6.20. The van der Waals surface area contributed by atoms with Crippen LogP contribution in [0.1, 0.15) is 29.5 Å². The third kappa shape index (κ3) is 6.27. The van der Waals surface area contributed by atoms with E-state index in [0.717, 1.165) is 54.0 Å². The standard InChI is InChI=1S/C33H35N3O4/c1-24-20-29(34-21-30(24)36-16-14-27(15-17-36)33-37-18-19-38-33)28-12-13-31(39-22-25-8-4-2-5-9-25)35-32(28)40-23-26-10-6-3-7-11-26/h2-13,20-21,27,33H,14-19,22-23H2,1H3. The molecule has 7 nitrogen and oxygen atoms in total. The summed E-state index contributed by atoms with van der Waals surface area (Å²) in [5, 5.41) is 0. The summed E-state index contributed by atoms with van der Waals surface area (Å²) in [4.78, 5) is 12.0. The second-order valence-electron chi connectivity index (χ2n) is 10.3. The van der Waals surface area contributed by atoms with Gasteiger partial charge in [0.25, 0.3) is 0 Å². The molecule has 6 rings (SSSR count). The van der Waals surface area contributed by atoms with Crippen LogP contribution in [0.4, 0.5) is 5.69 Å². The van der Waals surface area contributed by atoms with Crippen molar-refractivity contribution < 1.29 is 18.9 Å². The Morgan fingerprint density at radius 3 is 2.12 bits per heavy atom. The van der Waals surface area contributed by atoms with E-state index < -0.39 is 0 Å². The maximum Gasteiger partial charge on any atom is 0.226 e. The third-order valence-electron chi connectivity index (χ3n) is 7.55. The minimum atomic E-state index is -0.0369. The summed E-state index contributed by atoms with van der Waals surface area (Å²) < 4.78 is 23.8. The Bertz CT molecular complexity index is 1390. The molecule has 7 heteroatoms. The van der Waals surface area contributed by atoms with Crippen molar-refractivity contribution >= 4 is 5.69 Å². The van der Waals surface area contributed by atoms with Gasteiger partial charge in [-0.2, -0.15) is 4.98 Å². The first kappa shape index (κ1) is 26.3. The van der Waals surface area contributed by atoms with Gasteiger partial charge in [0, 0.05) is 25.1 Å². The van der Waals surface area contributed by atoms with E-state index in [0.29, 0.717) is 44.1 Å². The average molecular weight is 538 g/mol. The Hall–Kier alpha value is -3.94. The molecule has 0 radical (unpaired) electrons. The molecule has 2 fully saturated rings. The quantitative estimate of drug-likeness (QED) is 0.252. The molecule has 0 aliphatic carbocycles. The van der Waals surface area contributed by atoms with Gasteiger partial charge < -0.3 is 23.8 Å². The van der Waals surface area contributed by atoms with Crippen molar-refractivity contribution in [2.45, 2.75) is 39.3 Å². The van der Waals surface area contributed by atoms with Crippen molar-refractivity contribution in [2.75, 3.05) is 31.2 Å². The fourth-order valence-corrected chi connectivity index (χ4v) is 5.35. The maximum absolute atomic E-state index is 6.25. The Kier molecular flexibility index (Phi) is 8.21. The fourth-order valence-electron chi connectivity index (χ4n) is 5.35. The van der Waals surface area contributed by atoms with Gasteiger partial charge in [0.1, 0.15) is 13.2 Å². The predicted molar refractivity (Wildman–Crippen MR) is 154 cm³/mol. The number of aromatic nitrogens is 2. The molecule has 206 valence electrons. The number of ether oxygens (including phenoxy) is 4. The highest BCUT2D eigenvalue weighted by Crippen LogP contribution is 2.34. The van der Waals surface area contributed by atoms with E-state index >= 15 is 0 Å². The Labute approximate surface area is 235 Å². The van der Waals surface area contributed by atoms with E-state index in [4.69, 9.17) is 28.9 Å². The number of hydrogen-bond donors (Lipinski definition) is 0. The first-order valence-corrected chi connectivity index (χ1v) is 14.0. The maximum atomic E-state index is 6.25. The van der Waals surface area contributed by atoms with Gasteiger partial charge in [0.2, 0.25) is 11.8 Å². The van der Waals surface area contributed by atoms with Crippen LogP contribution in [0, 0.1) is 12.8 Å². The molecule has 0 spiro atoms. The lowest BCUT2D eigenvalue weighted by Gasteiger charge is -2.35. The number of anilines is 1. The van der Waals surface area contributed by atoms with E-state index in [9.17, 15) is 0 Å². The lowest BCUT2D eigenvalue weighted by Crippen LogP contribution is -2.38. The summed E-state index contributed by atoms with van der Waals surface area (Å²) >= 11 is 0. The minimum absolute atomic E-state index is 0.0369. The molecule has 0 amide bonds. The molecular weight excluding hydrogens is 502 g/mol. The third-order valence-corrected chi connectivity index (χ3v) is 7.55. The molecule has 0 bridgehead atoms. The molecule has 4 heterocycles. The number of benzene rings is 2. The molecule has 2 saturated heterocycles. The van der Waals surface area contributed by atoms with Crippen LogP contribution in [0.25, 0.3) is 11.3 Å². The topological polar surface area (TPSA) is 65.9 Å². The van der Waals surface area contributed by atoms with Gasteiger partial charge in [-0.05, 0) is 48.6 Å². The van der Waals surface area contributed by atoms with Crippen LogP contribution in [0.2, 0.25) is 0 Å². The zero-order valence-corrected chi connectivity index (χ0v) is 22.9. The van der Waals surface area contributed by atoms with Crippen LogP contribution in [-0.2, 0) is 22.7 Å². The number of piperidine rings is 1. The Morgan fingerprint density at radius 1 is 0.825 bits per heavy atom. The zero-order chi connectivity index (χ0) is 27.1. The average Bonchev–Trinajstić information content (AvgIpc) is 3.56. The van der Waals surface area contributed by atoms with Crippen molar-refractivity contribution in [1.82, 2.24) is 9.97 Å². The number of hydrogen-bond acceptors (Lipinski definition) is 7. The summed E-state index contributed by atoms with van der Waals surface area (Å²) in [6.07, 6.45) is 4.05. The molecule has 0 saturated carbocycles. The lowest BCUT2D eigenvalue weighted by molar-refractivity contribution is -0.0889. The van der Waals surface area contributed by atoms with Crippen LogP contribution >= 0.6 is 0 Å². The highest BCUT2D eigenvalue weighted by Gasteiger charge is 2.31. The molecule has 4 aromatic rings. The van der Waals surface area contributed by atoms with Crippen molar-refractivity contribution in [3.05, 3.63) is 102 Å². The van der Waals surface area contributed by atoms with Crippen LogP contribution < -0.4 is 14.4 Å². The van der Waals surface area contributed by atoms with Gasteiger partial charge in [-0.1, -0.05) is 60.7 Å². The molecule has 0 N–H and O–H groups in total. The molecule has 0 atom stereocenters. The molecule has 0 unspecified atom stereocenters. The van der Waals surface area contributed by atoms with E-state index in [1.165, 1.54) is 5.56 Å². The number of pyridine rings is 2. The van der Waals surface area contributed by atoms with Gasteiger partial charge in [0.05, 0.1) is 36.4 Å². The van der Waals surface area contributed by atoms with Gasteiger partial charge in [-0.25, -0.2) is 0 Å². The molecular formula is C33H35N3O4. The van der Waals surface area contributed by atoms with Crippen LogP contribution in [0.3, 0.4) is 0 Å². The van der Waals surface area contributed by atoms with Gasteiger partial charge in [-0.15, -0.1) is 0 Å². The lowest BCUT2D eigenvalue weighted by atomic mass is 9.95. The van der Waals surface area contributed by atoms with Crippen molar-refractivity contribution in [2.24, 2.45) is 5.92 Å². The second-order valence-corrected chi connectivity index (χ2v) is 10.3. The fraction of sp³-hybridized carbons (Fsp3) is 0.333. The highest BCUT2D eigenvalue weighted by molar-refractivity contribution is 5.69. The first-order chi connectivity index (χ1) is 19.7. The van der Waals surface area contributed by atoms with E-state index in [2.05, 4.69) is 17.9 Å². The summed E-state index contributed by atoms with van der Waals surface area (Å²) in [6.45, 7) is 6.34. The zero-order valence-electron chi connectivity index (χ0n) is 22.9. The van der Waals surface area contributed by atoms with Gasteiger partial charge in [0.15, 0.2) is 6.29 Å². The largest absolute Gasteiger partial charge is 0.473 e. The van der Waals surface area contributed by atoms with Gasteiger partial charge >= 0.3 is 0 Å². The van der Waals surface area contributed by atoms with Crippen molar-refractivity contribution in [1.29, 1.82) is 0 Å². The highest BCUT2D eigenvalue weighted by atomic mass is 16.7. The van der Waals surface area contributed by atoms with E-state index in [1.54, 1.807) is 0 Å². The van der Waals surface area contributed by atoms with E-state index in [-0.39, 0.29) is 6.29 Å². The molecule has 40 heavy (non-hydrogen) atoms. The molecule has 2 aromatic heterocycles. The molecule has 2 aliphatic rings. The van der Waals surface area contributed by atoms with E-state index in [1.807, 2.05) is 79.0 Å². The van der Waals surface area contributed by atoms with Crippen LogP contribution in [0.15, 0.2) is 85.1 Å². The molecule has 2 aromatic carbocycles. The Morgan fingerprint density at radius 2 is 1.48 bits per heavy atom. The summed E-state index contributed by atoms with van der Waals surface area (Å²) in [5.41, 5.74) is 6.16.